The van der Waals surface area contributed by atoms with E-state index < -0.39 is 21.6 Å². The molecule has 2 aromatic rings. The Morgan fingerprint density at radius 3 is 2.16 bits per heavy atom. The van der Waals surface area contributed by atoms with Crippen LogP contribution in [-0.2, 0) is 21.8 Å². The van der Waals surface area contributed by atoms with Gasteiger partial charge in [-0.3, -0.25) is 0 Å². The second kappa shape index (κ2) is 4.97. The molecule has 0 saturated heterocycles. The summed E-state index contributed by atoms with van der Waals surface area (Å²) >= 11 is 1.09. The molecule has 0 atom stereocenters. The van der Waals surface area contributed by atoms with E-state index in [1.807, 2.05) is 0 Å². The SMILES string of the molecule is O=S(=O)(Cc1ccc(C(F)(F)F)cc1)c1cccs1. The van der Waals surface area contributed by atoms with Crippen molar-refractivity contribution in [3.8, 4) is 0 Å². The van der Waals surface area contributed by atoms with Gasteiger partial charge in [0.25, 0.3) is 0 Å². The van der Waals surface area contributed by atoms with Crippen molar-refractivity contribution < 1.29 is 21.6 Å². The molecule has 0 aliphatic rings. The van der Waals surface area contributed by atoms with Crippen LogP contribution in [0.15, 0.2) is 46.0 Å². The van der Waals surface area contributed by atoms with E-state index in [1.54, 1.807) is 11.4 Å². The van der Waals surface area contributed by atoms with Crippen molar-refractivity contribution in [3.05, 3.63) is 52.9 Å². The quantitative estimate of drug-likeness (QED) is 0.865. The molecule has 0 spiro atoms. The summed E-state index contributed by atoms with van der Waals surface area (Å²) in [5.41, 5.74) is -0.453. The topological polar surface area (TPSA) is 34.1 Å². The Hall–Kier alpha value is -1.34. The number of alkyl halides is 3. The van der Waals surface area contributed by atoms with Gasteiger partial charge in [0, 0.05) is 0 Å². The van der Waals surface area contributed by atoms with Gasteiger partial charge in [0.1, 0.15) is 4.21 Å². The number of hydrogen-bond acceptors (Lipinski definition) is 3. The molecule has 7 heteroatoms. The van der Waals surface area contributed by atoms with E-state index in [-0.39, 0.29) is 9.96 Å². The molecule has 2 rings (SSSR count). The van der Waals surface area contributed by atoms with Crippen LogP contribution in [0.2, 0.25) is 0 Å². The Balaban J connectivity index is 2.21. The minimum absolute atomic E-state index is 0.215. The first-order valence-electron chi connectivity index (χ1n) is 5.21. The molecule has 0 N–H and O–H groups in total. The summed E-state index contributed by atoms with van der Waals surface area (Å²) in [6.45, 7) is 0. The molecule has 1 aromatic heterocycles. The highest BCUT2D eigenvalue weighted by Crippen LogP contribution is 2.29. The Labute approximate surface area is 112 Å². The van der Waals surface area contributed by atoms with E-state index in [9.17, 15) is 21.6 Å². The molecule has 0 bridgehead atoms. The second-order valence-corrected chi connectivity index (χ2v) is 7.05. The molecule has 0 aliphatic carbocycles. The molecule has 0 saturated carbocycles. The average Bonchev–Trinajstić information content (AvgIpc) is 2.82. The van der Waals surface area contributed by atoms with E-state index in [2.05, 4.69) is 0 Å². The van der Waals surface area contributed by atoms with E-state index in [1.165, 1.54) is 18.2 Å². The molecular weight excluding hydrogens is 297 g/mol. The molecule has 0 fully saturated rings. The number of hydrogen-bond donors (Lipinski definition) is 0. The van der Waals surface area contributed by atoms with Gasteiger partial charge in [-0.05, 0) is 29.1 Å². The Bertz CT molecular complexity index is 641. The molecule has 0 radical (unpaired) electrons. The third-order valence-corrected chi connectivity index (χ3v) is 5.61. The Kier molecular flexibility index (Phi) is 3.69. The van der Waals surface area contributed by atoms with Gasteiger partial charge in [0.2, 0.25) is 0 Å². The predicted octanol–water partition coefficient (Wildman–Crippen LogP) is 3.74. The van der Waals surface area contributed by atoms with Gasteiger partial charge in [-0.2, -0.15) is 13.2 Å². The minimum Gasteiger partial charge on any atom is -0.223 e. The van der Waals surface area contributed by atoms with Gasteiger partial charge in [-0.25, -0.2) is 8.42 Å². The van der Waals surface area contributed by atoms with Gasteiger partial charge in [0.15, 0.2) is 9.84 Å². The van der Waals surface area contributed by atoms with Crippen molar-refractivity contribution >= 4 is 21.2 Å². The van der Waals surface area contributed by atoms with Crippen molar-refractivity contribution in [2.75, 3.05) is 0 Å². The lowest BCUT2D eigenvalue weighted by atomic mass is 10.1. The number of benzene rings is 1. The number of rotatable bonds is 3. The highest BCUT2D eigenvalue weighted by atomic mass is 32.2. The largest absolute Gasteiger partial charge is 0.416 e. The van der Waals surface area contributed by atoms with Crippen molar-refractivity contribution in [2.45, 2.75) is 16.1 Å². The maximum Gasteiger partial charge on any atom is 0.416 e. The van der Waals surface area contributed by atoms with Gasteiger partial charge in [-0.1, -0.05) is 18.2 Å². The molecule has 1 heterocycles. The lowest BCUT2D eigenvalue weighted by Crippen LogP contribution is -2.06. The van der Waals surface area contributed by atoms with Crippen LogP contribution in [0.25, 0.3) is 0 Å². The van der Waals surface area contributed by atoms with E-state index >= 15 is 0 Å². The molecule has 0 unspecified atom stereocenters. The van der Waals surface area contributed by atoms with Crippen molar-refractivity contribution in [1.82, 2.24) is 0 Å². The van der Waals surface area contributed by atoms with Gasteiger partial charge in [-0.15, -0.1) is 11.3 Å². The lowest BCUT2D eigenvalue weighted by molar-refractivity contribution is -0.137. The van der Waals surface area contributed by atoms with Crippen LogP contribution in [0, 0.1) is 0 Å². The van der Waals surface area contributed by atoms with E-state index in [4.69, 9.17) is 0 Å². The predicted molar refractivity (Wildman–Crippen MR) is 66.7 cm³/mol. The highest BCUT2D eigenvalue weighted by Gasteiger charge is 2.30. The first-order chi connectivity index (χ1) is 8.79. The van der Waals surface area contributed by atoms with Crippen LogP contribution in [-0.4, -0.2) is 8.42 Å². The van der Waals surface area contributed by atoms with Crippen LogP contribution < -0.4 is 0 Å². The summed E-state index contributed by atoms with van der Waals surface area (Å²) in [4.78, 5) is 0. The monoisotopic (exact) mass is 306 g/mol. The fourth-order valence-corrected chi connectivity index (χ4v) is 3.96. The minimum atomic E-state index is -4.41. The summed E-state index contributed by atoms with van der Waals surface area (Å²) in [5, 5.41) is 1.64. The zero-order valence-corrected chi connectivity index (χ0v) is 11.1. The first kappa shape index (κ1) is 14.1. The summed E-state index contributed by atoms with van der Waals surface area (Å²) in [6.07, 6.45) is -4.41. The van der Waals surface area contributed by atoms with Crippen LogP contribution in [0.1, 0.15) is 11.1 Å². The zero-order chi connectivity index (χ0) is 14.1. The van der Waals surface area contributed by atoms with Crippen LogP contribution >= 0.6 is 11.3 Å². The molecule has 102 valence electrons. The molecule has 19 heavy (non-hydrogen) atoms. The standard InChI is InChI=1S/C12H9F3O2S2/c13-12(14,15)10-5-3-9(4-6-10)8-19(16,17)11-2-1-7-18-11/h1-7H,8H2. The molecular formula is C12H9F3O2S2. The van der Waals surface area contributed by atoms with Crippen molar-refractivity contribution in [3.63, 3.8) is 0 Å². The van der Waals surface area contributed by atoms with Crippen LogP contribution in [0.4, 0.5) is 13.2 Å². The maximum atomic E-state index is 12.4. The summed E-state index contributed by atoms with van der Waals surface area (Å²) in [6, 6.07) is 7.24. The number of halogens is 3. The van der Waals surface area contributed by atoms with Crippen molar-refractivity contribution in [2.24, 2.45) is 0 Å². The number of sulfone groups is 1. The van der Waals surface area contributed by atoms with Gasteiger partial charge < -0.3 is 0 Å². The zero-order valence-electron chi connectivity index (χ0n) is 9.52. The molecule has 2 nitrogen and oxygen atoms in total. The van der Waals surface area contributed by atoms with E-state index in [0.29, 0.717) is 5.56 Å². The van der Waals surface area contributed by atoms with Crippen LogP contribution in [0.3, 0.4) is 0 Å². The normalized spacial score (nSPS) is 12.6. The van der Waals surface area contributed by atoms with E-state index in [0.717, 1.165) is 23.5 Å². The smallest absolute Gasteiger partial charge is 0.223 e. The number of thiophene rings is 1. The second-order valence-electron chi connectivity index (χ2n) is 3.89. The average molecular weight is 306 g/mol. The Morgan fingerprint density at radius 1 is 1.05 bits per heavy atom. The summed E-state index contributed by atoms with van der Waals surface area (Å²) in [5.74, 6) is -0.300. The molecule has 0 aliphatic heterocycles. The molecule has 1 aromatic carbocycles. The van der Waals surface area contributed by atoms with Gasteiger partial charge >= 0.3 is 6.18 Å². The summed E-state index contributed by atoms with van der Waals surface area (Å²) in [7, 11) is -3.48. The maximum absolute atomic E-state index is 12.4. The summed E-state index contributed by atoms with van der Waals surface area (Å²) < 4.78 is 61.2. The molecule has 0 amide bonds. The lowest BCUT2D eigenvalue weighted by Gasteiger charge is -2.07. The van der Waals surface area contributed by atoms with Crippen LogP contribution in [0.5, 0.6) is 0 Å². The third-order valence-electron chi connectivity index (χ3n) is 2.44. The van der Waals surface area contributed by atoms with Crippen molar-refractivity contribution in [1.29, 1.82) is 0 Å². The van der Waals surface area contributed by atoms with Gasteiger partial charge in [0.05, 0.1) is 11.3 Å². The third kappa shape index (κ3) is 3.36. The highest BCUT2D eigenvalue weighted by molar-refractivity contribution is 7.92. The fraction of sp³-hybridized carbons (Fsp3) is 0.167. The first-order valence-corrected chi connectivity index (χ1v) is 7.75. The fourth-order valence-electron chi connectivity index (χ4n) is 1.52. The Morgan fingerprint density at radius 2 is 1.68 bits per heavy atom.